The molecular weight excluding hydrogens is 328 g/mol. The van der Waals surface area contributed by atoms with Crippen LogP contribution in [0.1, 0.15) is 23.1 Å². The molecule has 0 aliphatic carbocycles. The van der Waals surface area contributed by atoms with Crippen molar-refractivity contribution in [2.75, 3.05) is 12.4 Å². The van der Waals surface area contributed by atoms with Gasteiger partial charge in [-0.1, -0.05) is 18.2 Å². The van der Waals surface area contributed by atoms with Crippen LogP contribution in [-0.2, 0) is 11.2 Å². The molecule has 5 nitrogen and oxygen atoms in total. The van der Waals surface area contributed by atoms with Gasteiger partial charge in [0.15, 0.2) is 0 Å². The predicted molar refractivity (Wildman–Crippen MR) is 104 cm³/mol. The summed E-state index contributed by atoms with van der Waals surface area (Å²) in [4.78, 5) is 27.5. The number of hydrogen-bond donors (Lipinski definition) is 2. The SMILES string of the molecule is COc1cccc(NC(=O)CCc2cc3ccc(C)c(C)c3[nH]c2=O)c1. The summed E-state index contributed by atoms with van der Waals surface area (Å²) in [6, 6.07) is 13.1. The highest BCUT2D eigenvalue weighted by molar-refractivity contribution is 5.91. The Morgan fingerprint density at radius 3 is 2.73 bits per heavy atom. The largest absolute Gasteiger partial charge is 0.497 e. The number of anilines is 1. The fourth-order valence-electron chi connectivity index (χ4n) is 2.93. The van der Waals surface area contributed by atoms with Gasteiger partial charge in [0.1, 0.15) is 5.75 Å². The lowest BCUT2D eigenvalue weighted by molar-refractivity contribution is -0.116. The molecule has 0 unspecified atom stereocenters. The highest BCUT2D eigenvalue weighted by Crippen LogP contribution is 2.20. The van der Waals surface area contributed by atoms with Gasteiger partial charge >= 0.3 is 0 Å². The molecule has 3 aromatic rings. The molecule has 0 spiro atoms. The number of pyridine rings is 1. The van der Waals surface area contributed by atoms with E-state index in [1.54, 1.807) is 19.2 Å². The lowest BCUT2D eigenvalue weighted by atomic mass is 10.0. The summed E-state index contributed by atoms with van der Waals surface area (Å²) in [6.45, 7) is 4.01. The third-order valence-electron chi connectivity index (χ3n) is 4.60. The molecule has 134 valence electrons. The molecule has 0 aliphatic heterocycles. The number of methoxy groups -OCH3 is 1. The van der Waals surface area contributed by atoms with E-state index in [9.17, 15) is 9.59 Å². The van der Waals surface area contributed by atoms with Crippen molar-refractivity contribution in [1.82, 2.24) is 4.98 Å². The van der Waals surface area contributed by atoms with Crippen LogP contribution in [0.2, 0.25) is 0 Å². The van der Waals surface area contributed by atoms with Gasteiger partial charge in [0, 0.05) is 23.7 Å². The third-order valence-corrected chi connectivity index (χ3v) is 4.60. The van der Waals surface area contributed by atoms with E-state index in [-0.39, 0.29) is 17.9 Å². The van der Waals surface area contributed by atoms with Gasteiger partial charge in [-0.05, 0) is 55.0 Å². The van der Waals surface area contributed by atoms with Crippen LogP contribution in [0.25, 0.3) is 10.9 Å². The minimum Gasteiger partial charge on any atom is -0.497 e. The summed E-state index contributed by atoms with van der Waals surface area (Å²) in [5.41, 5.74) is 4.22. The quantitative estimate of drug-likeness (QED) is 0.737. The average Bonchev–Trinajstić information content (AvgIpc) is 2.64. The number of aromatic nitrogens is 1. The van der Waals surface area contributed by atoms with Crippen molar-refractivity contribution in [2.24, 2.45) is 0 Å². The van der Waals surface area contributed by atoms with Gasteiger partial charge in [0.2, 0.25) is 5.91 Å². The van der Waals surface area contributed by atoms with E-state index in [2.05, 4.69) is 10.3 Å². The zero-order valence-electron chi connectivity index (χ0n) is 15.2. The van der Waals surface area contributed by atoms with Crippen LogP contribution in [0.4, 0.5) is 5.69 Å². The Balaban J connectivity index is 1.73. The molecule has 0 saturated carbocycles. The van der Waals surface area contributed by atoms with Gasteiger partial charge in [-0.15, -0.1) is 0 Å². The van der Waals surface area contributed by atoms with Gasteiger partial charge in [-0.3, -0.25) is 9.59 Å². The van der Waals surface area contributed by atoms with Crippen LogP contribution >= 0.6 is 0 Å². The normalized spacial score (nSPS) is 10.7. The van der Waals surface area contributed by atoms with Gasteiger partial charge < -0.3 is 15.0 Å². The second-order valence-electron chi connectivity index (χ2n) is 6.38. The maximum absolute atomic E-state index is 12.3. The topological polar surface area (TPSA) is 71.2 Å². The molecule has 26 heavy (non-hydrogen) atoms. The first-order valence-electron chi connectivity index (χ1n) is 8.54. The molecule has 0 aliphatic rings. The zero-order chi connectivity index (χ0) is 18.7. The minimum atomic E-state index is -0.141. The molecule has 0 atom stereocenters. The lowest BCUT2D eigenvalue weighted by Crippen LogP contribution is -2.17. The first-order valence-corrected chi connectivity index (χ1v) is 8.54. The lowest BCUT2D eigenvalue weighted by Gasteiger charge is -2.09. The Kier molecular flexibility index (Phi) is 5.07. The second-order valence-corrected chi connectivity index (χ2v) is 6.38. The van der Waals surface area contributed by atoms with Crippen molar-refractivity contribution in [1.29, 1.82) is 0 Å². The Labute approximate surface area is 152 Å². The van der Waals surface area contributed by atoms with E-state index in [1.165, 1.54) is 0 Å². The van der Waals surface area contributed by atoms with E-state index >= 15 is 0 Å². The number of rotatable bonds is 5. The standard InChI is InChI=1S/C21H22N2O3/c1-13-7-8-15-11-16(21(25)23-20(15)14(13)2)9-10-19(24)22-17-5-4-6-18(12-17)26-3/h4-8,11-12H,9-10H2,1-3H3,(H,22,24)(H,23,25). The number of H-pyrrole nitrogens is 1. The van der Waals surface area contributed by atoms with Crippen molar-refractivity contribution >= 4 is 22.5 Å². The van der Waals surface area contributed by atoms with Gasteiger partial charge in [-0.25, -0.2) is 0 Å². The van der Waals surface area contributed by atoms with Crippen molar-refractivity contribution in [3.63, 3.8) is 0 Å². The molecule has 0 fully saturated rings. The highest BCUT2D eigenvalue weighted by Gasteiger charge is 2.09. The first kappa shape index (κ1) is 17.7. The Bertz CT molecular complexity index is 1020. The third kappa shape index (κ3) is 3.77. The molecule has 0 radical (unpaired) electrons. The minimum absolute atomic E-state index is 0.139. The fraction of sp³-hybridized carbons (Fsp3) is 0.238. The summed E-state index contributed by atoms with van der Waals surface area (Å²) in [7, 11) is 1.58. The molecule has 0 bridgehead atoms. The molecule has 0 saturated heterocycles. The number of nitrogens with one attached hydrogen (secondary N) is 2. The van der Waals surface area contributed by atoms with Crippen LogP contribution in [-0.4, -0.2) is 18.0 Å². The van der Waals surface area contributed by atoms with Crippen LogP contribution in [0.3, 0.4) is 0 Å². The Hall–Kier alpha value is -3.08. The second kappa shape index (κ2) is 7.44. The monoisotopic (exact) mass is 350 g/mol. The number of fused-ring (bicyclic) bond motifs is 1. The summed E-state index contributed by atoms with van der Waals surface area (Å²) in [5, 5.41) is 3.81. The average molecular weight is 350 g/mol. The van der Waals surface area contributed by atoms with Crippen LogP contribution < -0.4 is 15.6 Å². The summed E-state index contributed by atoms with van der Waals surface area (Å²) in [5.74, 6) is 0.539. The maximum atomic E-state index is 12.3. The number of aromatic amines is 1. The molecule has 2 N–H and O–H groups in total. The van der Waals surface area contributed by atoms with Crippen molar-refractivity contribution in [3.8, 4) is 5.75 Å². The number of hydrogen-bond acceptors (Lipinski definition) is 3. The Morgan fingerprint density at radius 2 is 1.96 bits per heavy atom. The fourth-order valence-corrected chi connectivity index (χ4v) is 2.93. The predicted octanol–water partition coefficient (Wildman–Crippen LogP) is 3.72. The van der Waals surface area contributed by atoms with Crippen LogP contribution in [0.15, 0.2) is 47.3 Å². The van der Waals surface area contributed by atoms with Crippen molar-refractivity contribution in [3.05, 3.63) is 69.5 Å². The first-order chi connectivity index (χ1) is 12.5. The molecule has 5 heteroatoms. The van der Waals surface area contributed by atoms with Gasteiger partial charge in [0.05, 0.1) is 12.6 Å². The van der Waals surface area contributed by atoms with Gasteiger partial charge in [0.25, 0.3) is 5.56 Å². The van der Waals surface area contributed by atoms with Gasteiger partial charge in [-0.2, -0.15) is 0 Å². The molecule has 2 aromatic carbocycles. The number of carbonyl (C=O) groups excluding carboxylic acids is 1. The van der Waals surface area contributed by atoms with Crippen LogP contribution in [0, 0.1) is 13.8 Å². The summed E-state index contributed by atoms with van der Waals surface area (Å²) < 4.78 is 5.14. The van der Waals surface area contributed by atoms with E-state index in [1.807, 2.05) is 44.2 Å². The molecule has 1 amide bonds. The maximum Gasteiger partial charge on any atom is 0.251 e. The van der Waals surface area contributed by atoms with E-state index in [4.69, 9.17) is 4.74 Å². The molecule has 3 rings (SSSR count). The number of amides is 1. The van der Waals surface area contributed by atoms with Crippen molar-refractivity contribution in [2.45, 2.75) is 26.7 Å². The molecule has 1 heterocycles. The van der Waals surface area contributed by atoms with E-state index in [0.29, 0.717) is 23.4 Å². The highest BCUT2D eigenvalue weighted by atomic mass is 16.5. The van der Waals surface area contributed by atoms with Crippen LogP contribution in [0.5, 0.6) is 5.75 Å². The summed E-state index contributed by atoms with van der Waals surface area (Å²) in [6.07, 6.45) is 0.616. The zero-order valence-corrected chi connectivity index (χ0v) is 15.2. The number of aryl methyl sites for hydroxylation is 3. The van der Waals surface area contributed by atoms with E-state index < -0.39 is 0 Å². The Morgan fingerprint density at radius 1 is 1.15 bits per heavy atom. The molecule has 1 aromatic heterocycles. The number of ether oxygens (including phenoxy) is 1. The summed E-state index contributed by atoms with van der Waals surface area (Å²) >= 11 is 0. The smallest absolute Gasteiger partial charge is 0.251 e. The number of benzene rings is 2. The van der Waals surface area contributed by atoms with E-state index in [0.717, 1.165) is 22.0 Å². The number of carbonyl (C=O) groups is 1. The molecular formula is C21H22N2O3. The van der Waals surface area contributed by atoms with Crippen molar-refractivity contribution < 1.29 is 9.53 Å².